The maximum Gasteiger partial charge on any atom is 0.257 e. The molecule has 0 bridgehead atoms. The SMILES string of the molecule is COc1cccc(C(=O)Nc2nnc(SCC(=O)NCc3ccccc3Cl)s2)c1. The van der Waals surface area contributed by atoms with Crippen molar-refractivity contribution in [3.05, 3.63) is 64.7 Å². The summed E-state index contributed by atoms with van der Waals surface area (Å²) >= 11 is 8.52. The fourth-order valence-electron chi connectivity index (χ4n) is 2.27. The average Bonchev–Trinajstić information content (AvgIpc) is 3.19. The summed E-state index contributed by atoms with van der Waals surface area (Å²) in [5.74, 6) is 0.318. The van der Waals surface area contributed by atoms with E-state index in [-0.39, 0.29) is 17.6 Å². The molecular weight excluding hydrogens is 432 g/mol. The second-order valence-electron chi connectivity index (χ2n) is 5.72. The molecule has 0 saturated carbocycles. The summed E-state index contributed by atoms with van der Waals surface area (Å²) in [4.78, 5) is 24.3. The third-order valence-electron chi connectivity index (χ3n) is 3.72. The first-order valence-electron chi connectivity index (χ1n) is 8.47. The zero-order valence-electron chi connectivity index (χ0n) is 15.3. The number of nitrogens with zero attached hydrogens (tertiary/aromatic N) is 2. The third-order valence-corrected chi connectivity index (χ3v) is 6.06. The van der Waals surface area contributed by atoms with Crippen LogP contribution in [0.15, 0.2) is 52.9 Å². The number of benzene rings is 2. The van der Waals surface area contributed by atoms with E-state index >= 15 is 0 Å². The van der Waals surface area contributed by atoms with E-state index in [1.54, 1.807) is 30.3 Å². The van der Waals surface area contributed by atoms with E-state index in [2.05, 4.69) is 20.8 Å². The van der Waals surface area contributed by atoms with E-state index in [1.165, 1.54) is 30.2 Å². The Morgan fingerprint density at radius 1 is 1.17 bits per heavy atom. The van der Waals surface area contributed by atoms with Crippen LogP contribution in [-0.2, 0) is 11.3 Å². The van der Waals surface area contributed by atoms with Gasteiger partial charge in [-0.15, -0.1) is 10.2 Å². The molecule has 3 aromatic rings. The Labute approximate surface area is 180 Å². The molecule has 10 heteroatoms. The Kier molecular flexibility index (Phi) is 7.45. The molecule has 0 aliphatic rings. The molecule has 0 saturated heterocycles. The average molecular weight is 449 g/mol. The largest absolute Gasteiger partial charge is 0.497 e. The van der Waals surface area contributed by atoms with E-state index in [0.717, 1.165) is 5.56 Å². The van der Waals surface area contributed by atoms with Gasteiger partial charge in [0.2, 0.25) is 11.0 Å². The molecule has 0 atom stereocenters. The summed E-state index contributed by atoms with van der Waals surface area (Å²) in [7, 11) is 1.54. The number of aromatic nitrogens is 2. The predicted octanol–water partition coefficient (Wildman–Crippen LogP) is 3.86. The van der Waals surface area contributed by atoms with Gasteiger partial charge in [-0.3, -0.25) is 14.9 Å². The first-order chi connectivity index (χ1) is 14.0. The van der Waals surface area contributed by atoms with Gasteiger partial charge in [0.15, 0.2) is 4.34 Å². The minimum absolute atomic E-state index is 0.146. The topological polar surface area (TPSA) is 93.2 Å². The van der Waals surface area contributed by atoms with Crippen molar-refractivity contribution in [1.82, 2.24) is 15.5 Å². The van der Waals surface area contributed by atoms with Gasteiger partial charge in [0, 0.05) is 17.1 Å². The molecule has 0 aliphatic carbocycles. The molecule has 29 heavy (non-hydrogen) atoms. The monoisotopic (exact) mass is 448 g/mol. The number of methoxy groups -OCH3 is 1. The normalized spacial score (nSPS) is 10.4. The number of halogens is 1. The van der Waals surface area contributed by atoms with Crippen LogP contribution in [0.4, 0.5) is 5.13 Å². The van der Waals surface area contributed by atoms with E-state index in [0.29, 0.717) is 32.4 Å². The first kappa shape index (κ1) is 21.1. The maximum absolute atomic E-state index is 12.3. The lowest BCUT2D eigenvalue weighted by atomic mass is 10.2. The zero-order chi connectivity index (χ0) is 20.6. The molecule has 2 amide bonds. The molecule has 0 unspecified atom stereocenters. The van der Waals surface area contributed by atoms with Crippen LogP contribution in [0.2, 0.25) is 5.02 Å². The number of hydrogen-bond donors (Lipinski definition) is 2. The van der Waals surface area contributed by atoms with Gasteiger partial charge in [0.25, 0.3) is 5.91 Å². The second-order valence-corrected chi connectivity index (χ2v) is 8.32. The van der Waals surface area contributed by atoms with Gasteiger partial charge in [0.05, 0.1) is 12.9 Å². The van der Waals surface area contributed by atoms with Gasteiger partial charge < -0.3 is 10.1 Å². The molecule has 0 radical (unpaired) electrons. The minimum atomic E-state index is -0.311. The van der Waals surface area contributed by atoms with Crippen LogP contribution in [0, 0.1) is 0 Å². The van der Waals surface area contributed by atoms with Gasteiger partial charge >= 0.3 is 0 Å². The van der Waals surface area contributed by atoms with E-state index < -0.39 is 0 Å². The Morgan fingerprint density at radius 3 is 2.79 bits per heavy atom. The number of rotatable bonds is 8. The first-order valence-corrected chi connectivity index (χ1v) is 10.6. The highest BCUT2D eigenvalue weighted by Crippen LogP contribution is 2.26. The van der Waals surface area contributed by atoms with Crippen molar-refractivity contribution >= 4 is 51.6 Å². The van der Waals surface area contributed by atoms with Crippen LogP contribution in [0.5, 0.6) is 5.75 Å². The quantitative estimate of drug-likeness (QED) is 0.401. The van der Waals surface area contributed by atoms with Crippen LogP contribution in [0.25, 0.3) is 0 Å². The van der Waals surface area contributed by atoms with Gasteiger partial charge in [-0.05, 0) is 29.8 Å². The summed E-state index contributed by atoms with van der Waals surface area (Å²) < 4.78 is 5.70. The van der Waals surface area contributed by atoms with Crippen LogP contribution < -0.4 is 15.4 Å². The molecular formula is C19H17ClN4O3S2. The Hall–Kier alpha value is -2.62. The predicted molar refractivity (Wildman–Crippen MR) is 115 cm³/mol. The molecule has 2 aromatic carbocycles. The Balaban J connectivity index is 1.48. The highest BCUT2D eigenvalue weighted by atomic mass is 35.5. The van der Waals surface area contributed by atoms with E-state index in [9.17, 15) is 9.59 Å². The molecule has 1 aromatic heterocycles. The number of anilines is 1. The van der Waals surface area contributed by atoms with Gasteiger partial charge in [-0.1, -0.05) is 59.0 Å². The summed E-state index contributed by atoms with van der Waals surface area (Å²) in [6, 6.07) is 14.1. The molecule has 0 fully saturated rings. The van der Waals surface area contributed by atoms with E-state index in [4.69, 9.17) is 16.3 Å². The van der Waals surface area contributed by atoms with Crippen LogP contribution in [0.3, 0.4) is 0 Å². The van der Waals surface area contributed by atoms with Crippen molar-refractivity contribution in [2.75, 3.05) is 18.2 Å². The van der Waals surface area contributed by atoms with Crippen LogP contribution in [-0.4, -0.2) is 34.9 Å². The standard InChI is InChI=1S/C19H17ClN4O3S2/c1-27-14-7-4-6-12(9-14)17(26)22-18-23-24-19(29-18)28-11-16(25)21-10-13-5-2-3-8-15(13)20/h2-9H,10-11H2,1H3,(H,21,25)(H,22,23,26). The number of amides is 2. The van der Waals surface area contributed by atoms with Crippen LogP contribution in [0.1, 0.15) is 15.9 Å². The minimum Gasteiger partial charge on any atom is -0.497 e. The fraction of sp³-hybridized carbons (Fsp3) is 0.158. The van der Waals surface area contributed by atoms with Crippen molar-refractivity contribution in [2.24, 2.45) is 0 Å². The Morgan fingerprint density at radius 2 is 2.00 bits per heavy atom. The summed E-state index contributed by atoms with van der Waals surface area (Å²) in [6.45, 7) is 0.358. The Bertz CT molecular complexity index is 1010. The number of nitrogens with one attached hydrogen (secondary N) is 2. The lowest BCUT2D eigenvalue weighted by molar-refractivity contribution is -0.118. The van der Waals surface area contributed by atoms with Gasteiger partial charge in [-0.25, -0.2) is 0 Å². The van der Waals surface area contributed by atoms with Gasteiger partial charge in [-0.2, -0.15) is 0 Å². The molecule has 3 rings (SSSR count). The zero-order valence-corrected chi connectivity index (χ0v) is 17.7. The van der Waals surface area contributed by atoms with Crippen LogP contribution >= 0.6 is 34.7 Å². The summed E-state index contributed by atoms with van der Waals surface area (Å²) in [5.41, 5.74) is 1.30. The van der Waals surface area contributed by atoms with E-state index in [1.807, 2.05) is 18.2 Å². The van der Waals surface area contributed by atoms with Gasteiger partial charge in [0.1, 0.15) is 5.75 Å². The molecule has 7 nitrogen and oxygen atoms in total. The molecule has 1 heterocycles. The second kappa shape index (κ2) is 10.2. The molecule has 2 N–H and O–H groups in total. The maximum atomic E-state index is 12.3. The fourth-order valence-corrected chi connectivity index (χ4v) is 4.05. The van der Waals surface area contributed by atoms with Crippen molar-refractivity contribution in [3.63, 3.8) is 0 Å². The van der Waals surface area contributed by atoms with Crippen molar-refractivity contribution in [1.29, 1.82) is 0 Å². The van der Waals surface area contributed by atoms with Crippen molar-refractivity contribution in [3.8, 4) is 5.75 Å². The van der Waals surface area contributed by atoms with Crippen molar-refractivity contribution in [2.45, 2.75) is 10.9 Å². The molecule has 150 valence electrons. The third kappa shape index (κ3) is 6.18. The number of carbonyl (C=O) groups excluding carboxylic acids is 2. The highest BCUT2D eigenvalue weighted by Gasteiger charge is 2.12. The number of carbonyl (C=O) groups is 2. The number of thioether (sulfide) groups is 1. The van der Waals surface area contributed by atoms with Crippen molar-refractivity contribution < 1.29 is 14.3 Å². The highest BCUT2D eigenvalue weighted by molar-refractivity contribution is 8.01. The number of ether oxygens (including phenoxy) is 1. The number of hydrogen-bond acceptors (Lipinski definition) is 7. The molecule has 0 aliphatic heterocycles. The summed E-state index contributed by atoms with van der Waals surface area (Å²) in [5, 5.41) is 14.4. The lowest BCUT2D eigenvalue weighted by Gasteiger charge is -2.06. The molecule has 0 spiro atoms. The smallest absolute Gasteiger partial charge is 0.257 e. The lowest BCUT2D eigenvalue weighted by Crippen LogP contribution is -2.24. The summed E-state index contributed by atoms with van der Waals surface area (Å²) in [6.07, 6.45) is 0.